The predicted octanol–water partition coefficient (Wildman–Crippen LogP) is 3.74. The summed E-state index contributed by atoms with van der Waals surface area (Å²) in [7, 11) is -1.73. The number of likely N-dealkylation sites (N-methyl/N-ethyl adjacent to an activating group) is 1. The van der Waals surface area contributed by atoms with Gasteiger partial charge in [0.05, 0.1) is 4.90 Å². The summed E-state index contributed by atoms with van der Waals surface area (Å²) in [6.07, 6.45) is 0. The summed E-state index contributed by atoms with van der Waals surface area (Å²) in [4.78, 5) is 14.7. The van der Waals surface area contributed by atoms with Crippen LogP contribution in [0.3, 0.4) is 0 Å². The molecule has 0 aliphatic carbocycles. The summed E-state index contributed by atoms with van der Waals surface area (Å²) < 4.78 is 27.5. The first-order chi connectivity index (χ1) is 14.4. The minimum atomic E-state index is -3.71. The van der Waals surface area contributed by atoms with Crippen LogP contribution in [-0.4, -0.2) is 34.0 Å². The molecule has 1 amide bonds. The third-order valence-electron chi connectivity index (χ3n) is 4.84. The second-order valence-electron chi connectivity index (χ2n) is 7.00. The maximum atomic E-state index is 12.5. The van der Waals surface area contributed by atoms with Gasteiger partial charge in [-0.25, -0.2) is 8.42 Å². The van der Waals surface area contributed by atoms with Gasteiger partial charge >= 0.3 is 0 Å². The van der Waals surface area contributed by atoms with Gasteiger partial charge in [-0.2, -0.15) is 0 Å². The van der Waals surface area contributed by atoms with Crippen molar-refractivity contribution in [1.29, 1.82) is 0 Å². The van der Waals surface area contributed by atoms with Gasteiger partial charge in [-0.1, -0.05) is 36.4 Å². The number of carbonyl (C=O) groups excluding carboxylic acids is 1. The van der Waals surface area contributed by atoms with Gasteiger partial charge in [-0.05, 0) is 55.5 Å². The van der Waals surface area contributed by atoms with E-state index in [1.165, 1.54) is 24.3 Å². The van der Waals surface area contributed by atoms with Crippen molar-refractivity contribution >= 4 is 27.3 Å². The zero-order valence-electron chi connectivity index (χ0n) is 16.9. The van der Waals surface area contributed by atoms with Crippen LogP contribution in [0.4, 0.5) is 11.4 Å². The van der Waals surface area contributed by atoms with Gasteiger partial charge < -0.3 is 10.2 Å². The zero-order valence-corrected chi connectivity index (χ0v) is 17.8. The predicted molar refractivity (Wildman–Crippen MR) is 120 cm³/mol. The number of rotatable bonds is 8. The number of amides is 1. The maximum Gasteiger partial charge on any atom is 0.261 e. The normalized spacial score (nSPS) is 12.1. The molecule has 0 radical (unpaired) electrons. The molecular weight excluding hydrogens is 398 g/mol. The quantitative estimate of drug-likeness (QED) is 0.579. The van der Waals surface area contributed by atoms with Crippen molar-refractivity contribution in [2.75, 3.05) is 23.2 Å². The molecule has 6 nitrogen and oxygen atoms in total. The van der Waals surface area contributed by atoms with E-state index in [4.69, 9.17) is 0 Å². The van der Waals surface area contributed by atoms with Crippen molar-refractivity contribution in [3.8, 4) is 0 Å². The van der Waals surface area contributed by atoms with E-state index in [-0.39, 0.29) is 16.8 Å². The Labute approximate surface area is 177 Å². The summed E-state index contributed by atoms with van der Waals surface area (Å²) in [5.74, 6) is -0.247. The number of anilines is 2. The number of hydrogen-bond acceptors (Lipinski definition) is 4. The molecule has 3 aromatic carbocycles. The van der Waals surface area contributed by atoms with Crippen LogP contribution in [0.2, 0.25) is 0 Å². The Kier molecular flexibility index (Phi) is 6.74. The fourth-order valence-corrected chi connectivity index (χ4v) is 3.96. The lowest BCUT2D eigenvalue weighted by molar-refractivity contribution is 0.0951. The molecule has 3 rings (SSSR count). The number of nitrogens with zero attached hydrogens (tertiary/aromatic N) is 1. The number of para-hydroxylation sites is 2. The standard InChI is InChI=1S/C23H25N3O3S/c1-18(26(2)21-11-7-4-8-12-21)17-24-23(27)19-13-15-22(16-14-19)30(28,29)25-20-9-5-3-6-10-20/h3-16,18,25H,17H2,1-2H3,(H,24,27). The van der Waals surface area contributed by atoms with Crippen LogP contribution in [0.15, 0.2) is 89.8 Å². The van der Waals surface area contributed by atoms with E-state index < -0.39 is 10.0 Å². The summed E-state index contributed by atoms with van der Waals surface area (Å²) in [6.45, 7) is 2.48. The van der Waals surface area contributed by atoms with E-state index in [9.17, 15) is 13.2 Å². The molecule has 0 aliphatic heterocycles. The van der Waals surface area contributed by atoms with Gasteiger partial charge in [-0.3, -0.25) is 9.52 Å². The molecule has 30 heavy (non-hydrogen) atoms. The van der Waals surface area contributed by atoms with Crippen molar-refractivity contribution in [3.05, 3.63) is 90.5 Å². The highest BCUT2D eigenvalue weighted by Gasteiger charge is 2.16. The molecule has 0 bridgehead atoms. The van der Waals surface area contributed by atoms with Gasteiger partial charge in [0.2, 0.25) is 0 Å². The number of nitrogens with one attached hydrogen (secondary N) is 2. The SMILES string of the molecule is CC(CNC(=O)c1ccc(S(=O)(=O)Nc2ccccc2)cc1)N(C)c1ccccc1. The lowest BCUT2D eigenvalue weighted by atomic mass is 10.2. The highest BCUT2D eigenvalue weighted by molar-refractivity contribution is 7.92. The van der Waals surface area contributed by atoms with Gasteiger partial charge in [0.1, 0.15) is 0 Å². The lowest BCUT2D eigenvalue weighted by Gasteiger charge is -2.27. The fourth-order valence-electron chi connectivity index (χ4n) is 2.90. The Morgan fingerprint density at radius 1 is 0.900 bits per heavy atom. The second kappa shape index (κ2) is 9.45. The number of hydrogen-bond donors (Lipinski definition) is 2. The molecule has 2 N–H and O–H groups in total. The van der Waals surface area contributed by atoms with Crippen LogP contribution in [0.5, 0.6) is 0 Å². The molecular formula is C23H25N3O3S. The minimum Gasteiger partial charge on any atom is -0.370 e. The molecule has 3 aromatic rings. The van der Waals surface area contributed by atoms with Crippen molar-refractivity contribution in [1.82, 2.24) is 5.32 Å². The van der Waals surface area contributed by atoms with E-state index in [0.29, 0.717) is 17.8 Å². The molecule has 0 fully saturated rings. The topological polar surface area (TPSA) is 78.5 Å². The molecule has 0 saturated carbocycles. The summed E-state index contributed by atoms with van der Waals surface area (Å²) in [5.41, 5.74) is 1.96. The third kappa shape index (κ3) is 5.39. The smallest absolute Gasteiger partial charge is 0.261 e. The molecule has 0 spiro atoms. The first kappa shape index (κ1) is 21.4. The van der Waals surface area contributed by atoms with E-state index in [1.807, 2.05) is 50.4 Å². The van der Waals surface area contributed by atoms with Gasteiger partial charge in [0.15, 0.2) is 0 Å². The number of benzene rings is 3. The number of carbonyl (C=O) groups is 1. The zero-order chi connectivity index (χ0) is 21.6. The average molecular weight is 424 g/mol. The molecule has 156 valence electrons. The highest BCUT2D eigenvalue weighted by Crippen LogP contribution is 2.17. The van der Waals surface area contributed by atoms with E-state index >= 15 is 0 Å². The van der Waals surface area contributed by atoms with Crippen LogP contribution in [-0.2, 0) is 10.0 Å². The van der Waals surface area contributed by atoms with Crippen molar-refractivity contribution in [2.24, 2.45) is 0 Å². The molecule has 0 aromatic heterocycles. The first-order valence-corrected chi connectivity index (χ1v) is 11.1. The van der Waals surface area contributed by atoms with E-state index in [2.05, 4.69) is 14.9 Å². The second-order valence-corrected chi connectivity index (χ2v) is 8.68. The van der Waals surface area contributed by atoms with Gasteiger partial charge in [0, 0.05) is 36.6 Å². The summed E-state index contributed by atoms with van der Waals surface area (Å²) in [5, 5.41) is 2.90. The molecule has 0 heterocycles. The Morgan fingerprint density at radius 2 is 1.47 bits per heavy atom. The maximum absolute atomic E-state index is 12.5. The van der Waals surface area contributed by atoms with Crippen LogP contribution in [0.25, 0.3) is 0 Å². The first-order valence-electron chi connectivity index (χ1n) is 9.61. The lowest BCUT2D eigenvalue weighted by Crippen LogP contribution is -2.40. The van der Waals surface area contributed by atoms with Crippen molar-refractivity contribution in [2.45, 2.75) is 17.9 Å². The Hall–Kier alpha value is -3.32. The van der Waals surface area contributed by atoms with Gasteiger partial charge in [-0.15, -0.1) is 0 Å². The van der Waals surface area contributed by atoms with E-state index in [1.54, 1.807) is 24.3 Å². The van der Waals surface area contributed by atoms with Crippen LogP contribution >= 0.6 is 0 Å². The largest absolute Gasteiger partial charge is 0.370 e. The minimum absolute atomic E-state index is 0.0890. The monoisotopic (exact) mass is 423 g/mol. The molecule has 0 aliphatic rings. The molecule has 1 unspecified atom stereocenters. The van der Waals surface area contributed by atoms with Crippen molar-refractivity contribution in [3.63, 3.8) is 0 Å². The van der Waals surface area contributed by atoms with Crippen molar-refractivity contribution < 1.29 is 13.2 Å². The van der Waals surface area contributed by atoms with Gasteiger partial charge in [0.25, 0.3) is 15.9 Å². The average Bonchev–Trinajstić information content (AvgIpc) is 2.77. The van der Waals surface area contributed by atoms with Crippen LogP contribution < -0.4 is 14.9 Å². The molecule has 1 atom stereocenters. The van der Waals surface area contributed by atoms with Crippen LogP contribution in [0.1, 0.15) is 17.3 Å². The Morgan fingerprint density at radius 3 is 2.07 bits per heavy atom. The fraction of sp³-hybridized carbons (Fsp3) is 0.174. The van der Waals surface area contributed by atoms with E-state index in [0.717, 1.165) is 5.69 Å². The summed E-state index contributed by atoms with van der Waals surface area (Å²) >= 11 is 0. The third-order valence-corrected chi connectivity index (χ3v) is 6.23. The molecule has 0 saturated heterocycles. The highest BCUT2D eigenvalue weighted by atomic mass is 32.2. The molecule has 7 heteroatoms. The summed E-state index contributed by atoms with van der Waals surface area (Å²) in [6, 6.07) is 24.6. The van der Waals surface area contributed by atoms with Crippen LogP contribution in [0, 0.1) is 0 Å². The number of sulfonamides is 1. The Balaban J connectivity index is 1.59. The Bertz CT molecular complexity index is 1070.